The first-order valence-electron chi connectivity index (χ1n) is 12.9. The molecule has 1 aliphatic heterocycles. The molecule has 202 valence electrons. The van der Waals surface area contributed by atoms with Gasteiger partial charge in [0.2, 0.25) is 5.82 Å². The molecule has 3 aromatic carbocycles. The van der Waals surface area contributed by atoms with Crippen LogP contribution in [0.2, 0.25) is 0 Å². The lowest BCUT2D eigenvalue weighted by Crippen LogP contribution is -2.26. The van der Waals surface area contributed by atoms with E-state index in [1.165, 1.54) is 24.3 Å². The van der Waals surface area contributed by atoms with E-state index in [4.69, 9.17) is 9.47 Å². The summed E-state index contributed by atoms with van der Waals surface area (Å²) in [5.41, 5.74) is 0.948. The quantitative estimate of drug-likeness (QED) is 0.193. The number of hydrogen-bond acceptors (Lipinski definition) is 2. The van der Waals surface area contributed by atoms with E-state index in [0.717, 1.165) is 18.4 Å². The Kier molecular flexibility index (Phi) is 9.21. The lowest BCUT2D eigenvalue weighted by Gasteiger charge is -2.30. The zero-order valence-corrected chi connectivity index (χ0v) is 21.3. The molecular weight excluding hydrogens is 499 g/mol. The fourth-order valence-electron chi connectivity index (χ4n) is 4.91. The molecule has 1 saturated heterocycles. The van der Waals surface area contributed by atoms with Gasteiger partial charge in [-0.2, -0.15) is 4.39 Å². The summed E-state index contributed by atoms with van der Waals surface area (Å²) >= 11 is 0. The van der Waals surface area contributed by atoms with Gasteiger partial charge in [0.05, 0.1) is 19.3 Å². The van der Waals surface area contributed by atoms with Gasteiger partial charge < -0.3 is 9.47 Å². The van der Waals surface area contributed by atoms with E-state index in [1.54, 1.807) is 25.1 Å². The molecular formula is C31H31F5O2. The van der Waals surface area contributed by atoms with E-state index in [-0.39, 0.29) is 53.5 Å². The summed E-state index contributed by atoms with van der Waals surface area (Å²) in [7, 11) is 0. The van der Waals surface area contributed by atoms with E-state index in [2.05, 4.69) is 6.58 Å². The summed E-state index contributed by atoms with van der Waals surface area (Å²) in [5, 5.41) is 0. The van der Waals surface area contributed by atoms with Crippen molar-refractivity contribution in [1.82, 2.24) is 0 Å². The standard InChI is InChI=1S/C31H31F5O2/c1-3-5-6-19-7-8-20(26(32)17-19)9-11-22-12-10-21(18-38-22)23-13-14-24(29(34)28(23)33)25-15-16-27(37-4-2)31(36)30(25)35/h3,7-8,13-17,21-22H,1,4-6,9-12,18H2,2H3. The highest BCUT2D eigenvalue weighted by molar-refractivity contribution is 5.66. The minimum absolute atomic E-state index is 0.112. The Morgan fingerprint density at radius 2 is 1.63 bits per heavy atom. The minimum atomic E-state index is -1.30. The van der Waals surface area contributed by atoms with Gasteiger partial charge in [0.15, 0.2) is 23.2 Å². The Morgan fingerprint density at radius 3 is 2.29 bits per heavy atom. The van der Waals surface area contributed by atoms with Crippen molar-refractivity contribution in [2.24, 2.45) is 0 Å². The molecule has 1 aliphatic rings. The number of benzene rings is 3. The molecule has 0 radical (unpaired) electrons. The average molecular weight is 531 g/mol. The zero-order chi connectivity index (χ0) is 27.2. The molecule has 7 heteroatoms. The van der Waals surface area contributed by atoms with Gasteiger partial charge in [0.1, 0.15) is 5.82 Å². The molecule has 2 nitrogen and oxygen atoms in total. The van der Waals surface area contributed by atoms with E-state index in [9.17, 15) is 13.2 Å². The summed E-state index contributed by atoms with van der Waals surface area (Å²) in [6.07, 6.45) is 5.55. The van der Waals surface area contributed by atoms with Crippen molar-refractivity contribution in [3.63, 3.8) is 0 Å². The largest absolute Gasteiger partial charge is 0.491 e. The van der Waals surface area contributed by atoms with E-state index in [1.807, 2.05) is 6.07 Å². The molecule has 1 fully saturated rings. The lowest BCUT2D eigenvalue weighted by molar-refractivity contribution is -0.00135. The van der Waals surface area contributed by atoms with Gasteiger partial charge in [-0.1, -0.05) is 30.3 Å². The van der Waals surface area contributed by atoms with Gasteiger partial charge in [-0.15, -0.1) is 6.58 Å². The van der Waals surface area contributed by atoms with Crippen LogP contribution in [0, 0.1) is 29.1 Å². The third kappa shape index (κ3) is 6.09. The fourth-order valence-corrected chi connectivity index (χ4v) is 4.91. The number of hydrogen-bond donors (Lipinski definition) is 0. The Labute approximate surface area is 220 Å². The topological polar surface area (TPSA) is 18.5 Å². The van der Waals surface area contributed by atoms with Crippen LogP contribution in [0.4, 0.5) is 22.0 Å². The first-order chi connectivity index (χ1) is 18.3. The second kappa shape index (κ2) is 12.6. The van der Waals surface area contributed by atoms with Crippen LogP contribution in [0.3, 0.4) is 0 Å². The summed E-state index contributed by atoms with van der Waals surface area (Å²) in [6.45, 7) is 5.64. The Balaban J connectivity index is 1.39. The van der Waals surface area contributed by atoms with Crippen molar-refractivity contribution >= 4 is 0 Å². The average Bonchev–Trinajstić information content (AvgIpc) is 2.92. The van der Waals surface area contributed by atoms with Gasteiger partial charge in [-0.05, 0) is 80.3 Å². The summed E-state index contributed by atoms with van der Waals surface area (Å²) in [6, 6.07) is 10.3. The molecule has 0 bridgehead atoms. The van der Waals surface area contributed by atoms with Crippen LogP contribution in [0.5, 0.6) is 5.75 Å². The monoisotopic (exact) mass is 530 g/mol. The summed E-state index contributed by atoms with van der Waals surface area (Å²) < 4.78 is 84.3. The smallest absolute Gasteiger partial charge is 0.201 e. The zero-order valence-electron chi connectivity index (χ0n) is 21.3. The van der Waals surface area contributed by atoms with Crippen molar-refractivity contribution in [1.29, 1.82) is 0 Å². The number of aryl methyl sites for hydroxylation is 2. The van der Waals surface area contributed by atoms with Crippen molar-refractivity contribution < 1.29 is 31.4 Å². The van der Waals surface area contributed by atoms with Crippen LogP contribution in [0.15, 0.2) is 55.1 Å². The molecule has 0 aromatic heterocycles. The van der Waals surface area contributed by atoms with Gasteiger partial charge in [0.25, 0.3) is 0 Å². The van der Waals surface area contributed by atoms with Gasteiger partial charge in [-0.25, -0.2) is 17.6 Å². The Hall–Kier alpha value is -3.19. The number of ether oxygens (including phenoxy) is 2. The molecule has 0 amide bonds. The molecule has 0 spiro atoms. The molecule has 3 aromatic rings. The maximum Gasteiger partial charge on any atom is 0.201 e. The Morgan fingerprint density at radius 1 is 0.895 bits per heavy atom. The van der Waals surface area contributed by atoms with Crippen LogP contribution in [0.25, 0.3) is 11.1 Å². The second-order valence-electron chi connectivity index (χ2n) is 9.52. The van der Waals surface area contributed by atoms with Crippen LogP contribution >= 0.6 is 0 Å². The van der Waals surface area contributed by atoms with Crippen molar-refractivity contribution in [2.75, 3.05) is 13.2 Å². The molecule has 0 saturated carbocycles. The maximum absolute atomic E-state index is 15.1. The van der Waals surface area contributed by atoms with Crippen molar-refractivity contribution in [2.45, 2.75) is 57.5 Å². The number of rotatable bonds is 10. The van der Waals surface area contributed by atoms with Gasteiger partial charge >= 0.3 is 0 Å². The van der Waals surface area contributed by atoms with Crippen LogP contribution in [-0.2, 0) is 17.6 Å². The van der Waals surface area contributed by atoms with Crippen molar-refractivity contribution in [3.05, 3.63) is 101 Å². The summed E-state index contributed by atoms with van der Waals surface area (Å²) in [5.74, 6) is -5.78. The first kappa shape index (κ1) is 27.8. The third-order valence-electron chi connectivity index (χ3n) is 7.05. The highest BCUT2D eigenvalue weighted by atomic mass is 19.2. The second-order valence-corrected chi connectivity index (χ2v) is 9.52. The van der Waals surface area contributed by atoms with Crippen LogP contribution < -0.4 is 4.74 Å². The van der Waals surface area contributed by atoms with E-state index < -0.39 is 23.3 Å². The van der Waals surface area contributed by atoms with Crippen LogP contribution in [-0.4, -0.2) is 19.3 Å². The molecule has 2 unspecified atom stereocenters. The van der Waals surface area contributed by atoms with Crippen LogP contribution in [0.1, 0.15) is 55.2 Å². The van der Waals surface area contributed by atoms with Crippen molar-refractivity contribution in [3.8, 4) is 16.9 Å². The molecule has 0 N–H and O–H groups in total. The van der Waals surface area contributed by atoms with Gasteiger partial charge in [-0.3, -0.25) is 0 Å². The number of halogens is 5. The number of allylic oxidation sites excluding steroid dienone is 1. The van der Waals surface area contributed by atoms with Gasteiger partial charge in [0, 0.05) is 17.0 Å². The molecule has 38 heavy (non-hydrogen) atoms. The van der Waals surface area contributed by atoms with E-state index in [0.29, 0.717) is 31.2 Å². The Bertz CT molecular complexity index is 1280. The van der Waals surface area contributed by atoms with E-state index >= 15 is 8.78 Å². The third-order valence-corrected chi connectivity index (χ3v) is 7.05. The molecule has 0 aliphatic carbocycles. The highest BCUT2D eigenvalue weighted by Gasteiger charge is 2.28. The molecule has 4 rings (SSSR count). The first-order valence-corrected chi connectivity index (χ1v) is 12.9. The fraction of sp³-hybridized carbons (Fsp3) is 0.355. The lowest BCUT2D eigenvalue weighted by atomic mass is 9.88. The predicted molar refractivity (Wildman–Crippen MR) is 138 cm³/mol. The predicted octanol–water partition coefficient (Wildman–Crippen LogP) is 8.46. The minimum Gasteiger partial charge on any atom is -0.491 e. The summed E-state index contributed by atoms with van der Waals surface area (Å²) in [4.78, 5) is 0. The normalized spacial score (nSPS) is 17.4. The SMILES string of the molecule is C=CCCc1ccc(CCC2CCC(c3ccc(-c4ccc(OCC)c(F)c4F)c(F)c3F)CO2)c(F)c1. The highest BCUT2D eigenvalue weighted by Crippen LogP contribution is 2.37. The maximum atomic E-state index is 15.1. The molecule has 2 atom stereocenters. The molecule has 1 heterocycles.